The second-order valence-corrected chi connectivity index (χ2v) is 8.03. The zero-order chi connectivity index (χ0) is 18.3. The van der Waals surface area contributed by atoms with Crippen LogP contribution in [0.5, 0.6) is 0 Å². The molecular weight excluding hydrogens is 338 g/mol. The van der Waals surface area contributed by atoms with E-state index in [1.165, 1.54) is 25.0 Å². The molecule has 0 bridgehead atoms. The van der Waals surface area contributed by atoms with Crippen molar-refractivity contribution in [3.63, 3.8) is 0 Å². The van der Waals surface area contributed by atoms with Gasteiger partial charge in [0.05, 0.1) is 11.8 Å². The summed E-state index contributed by atoms with van der Waals surface area (Å²) in [5.41, 5.74) is -0.398. The third-order valence-electron chi connectivity index (χ3n) is 6.08. The summed E-state index contributed by atoms with van der Waals surface area (Å²) in [6, 6.07) is 3.89. The Labute approximate surface area is 152 Å². The second kappa shape index (κ2) is 6.63. The van der Waals surface area contributed by atoms with Crippen LogP contribution in [0.25, 0.3) is 0 Å². The number of hydrogen-bond donors (Lipinski definition) is 0. The quantitative estimate of drug-likeness (QED) is 0.826. The summed E-state index contributed by atoms with van der Waals surface area (Å²) >= 11 is 0. The van der Waals surface area contributed by atoms with E-state index in [0.717, 1.165) is 32.0 Å². The highest BCUT2D eigenvalue weighted by Crippen LogP contribution is 2.41. The Morgan fingerprint density at radius 3 is 2.77 bits per heavy atom. The van der Waals surface area contributed by atoms with Crippen LogP contribution in [0.2, 0.25) is 0 Å². The number of likely N-dealkylation sites (tertiary alicyclic amines) is 2. The number of benzene rings is 1. The molecule has 6 heteroatoms. The number of amides is 2. The van der Waals surface area contributed by atoms with Gasteiger partial charge in [-0.1, -0.05) is 12.1 Å². The van der Waals surface area contributed by atoms with Crippen LogP contribution in [-0.4, -0.2) is 47.8 Å². The van der Waals surface area contributed by atoms with Gasteiger partial charge >= 0.3 is 0 Å². The van der Waals surface area contributed by atoms with Crippen LogP contribution in [0.15, 0.2) is 18.2 Å². The van der Waals surface area contributed by atoms with Gasteiger partial charge in [-0.3, -0.25) is 9.59 Å². The number of rotatable bonds is 4. The monoisotopic (exact) mass is 362 g/mol. The van der Waals surface area contributed by atoms with Crippen LogP contribution in [0.4, 0.5) is 8.78 Å². The molecule has 140 valence electrons. The molecule has 3 aliphatic rings. The van der Waals surface area contributed by atoms with Gasteiger partial charge in [0.15, 0.2) is 11.6 Å². The maximum absolute atomic E-state index is 13.8. The van der Waals surface area contributed by atoms with E-state index in [2.05, 4.69) is 0 Å². The van der Waals surface area contributed by atoms with Crippen molar-refractivity contribution in [2.45, 2.75) is 38.5 Å². The van der Waals surface area contributed by atoms with Crippen molar-refractivity contribution >= 4 is 11.8 Å². The number of halogens is 2. The Morgan fingerprint density at radius 1 is 1.19 bits per heavy atom. The second-order valence-electron chi connectivity index (χ2n) is 8.03. The number of piperidine rings is 1. The molecule has 0 aromatic heterocycles. The minimum Gasteiger partial charge on any atom is -0.342 e. The lowest BCUT2D eigenvalue weighted by molar-refractivity contribution is -0.146. The zero-order valence-corrected chi connectivity index (χ0v) is 14.8. The summed E-state index contributed by atoms with van der Waals surface area (Å²) in [6.07, 6.45) is 4.70. The predicted molar refractivity (Wildman–Crippen MR) is 92.2 cm³/mol. The number of carbonyl (C=O) groups excluding carboxylic acids is 2. The van der Waals surface area contributed by atoms with E-state index in [9.17, 15) is 18.4 Å². The highest BCUT2D eigenvalue weighted by atomic mass is 19.2. The molecule has 0 N–H and O–H groups in total. The van der Waals surface area contributed by atoms with Gasteiger partial charge < -0.3 is 9.80 Å². The van der Waals surface area contributed by atoms with Crippen LogP contribution in [0.3, 0.4) is 0 Å². The van der Waals surface area contributed by atoms with Crippen molar-refractivity contribution < 1.29 is 18.4 Å². The number of nitrogens with zero attached hydrogens (tertiary/aromatic N) is 2. The van der Waals surface area contributed by atoms with E-state index in [4.69, 9.17) is 0 Å². The van der Waals surface area contributed by atoms with Gasteiger partial charge in [0.25, 0.3) is 0 Å². The summed E-state index contributed by atoms with van der Waals surface area (Å²) < 4.78 is 27.2. The molecule has 0 unspecified atom stereocenters. The molecule has 1 spiro atoms. The van der Waals surface area contributed by atoms with Gasteiger partial charge in [-0.15, -0.1) is 0 Å². The standard InChI is InChI=1S/C20H24F2N2O2/c21-16-4-1-3-15(18(16)22)11-17(25)24-10-8-20(13-24)7-2-9-23(19(20)26)12-14-5-6-14/h1,3-4,14H,2,5-13H2/t20-/m1/s1. The first-order chi connectivity index (χ1) is 12.5. The molecule has 1 aromatic rings. The molecule has 1 aromatic carbocycles. The molecule has 2 aliphatic heterocycles. The lowest BCUT2D eigenvalue weighted by atomic mass is 9.78. The topological polar surface area (TPSA) is 40.6 Å². The Bertz CT molecular complexity index is 735. The minimum atomic E-state index is -0.959. The minimum absolute atomic E-state index is 0.0706. The molecule has 26 heavy (non-hydrogen) atoms. The third kappa shape index (κ3) is 3.21. The number of carbonyl (C=O) groups is 2. The molecular formula is C20H24F2N2O2. The fourth-order valence-electron chi connectivity index (χ4n) is 4.36. The molecule has 2 saturated heterocycles. The Kier molecular flexibility index (Phi) is 4.45. The lowest BCUT2D eigenvalue weighted by Crippen LogP contribution is -2.51. The molecule has 3 fully saturated rings. The van der Waals surface area contributed by atoms with E-state index in [1.54, 1.807) is 4.90 Å². The van der Waals surface area contributed by atoms with Crippen LogP contribution in [0.1, 0.15) is 37.7 Å². The summed E-state index contributed by atoms with van der Waals surface area (Å²) in [5.74, 6) is -1.30. The SMILES string of the molecule is O=C(Cc1cccc(F)c1F)N1CC[C@]2(CCCN(CC3CC3)C2=O)C1. The van der Waals surface area contributed by atoms with Crippen LogP contribution in [-0.2, 0) is 16.0 Å². The van der Waals surface area contributed by atoms with Gasteiger partial charge in [0, 0.05) is 31.7 Å². The van der Waals surface area contributed by atoms with E-state index >= 15 is 0 Å². The van der Waals surface area contributed by atoms with Gasteiger partial charge in [-0.05, 0) is 44.1 Å². The molecule has 0 radical (unpaired) electrons. The van der Waals surface area contributed by atoms with Crippen molar-refractivity contribution in [1.82, 2.24) is 9.80 Å². The van der Waals surface area contributed by atoms with Crippen LogP contribution in [0, 0.1) is 23.0 Å². The first kappa shape index (κ1) is 17.4. The Hall–Kier alpha value is -1.98. The number of hydrogen-bond acceptors (Lipinski definition) is 2. The van der Waals surface area contributed by atoms with E-state index < -0.39 is 17.0 Å². The molecule has 4 nitrogen and oxygen atoms in total. The van der Waals surface area contributed by atoms with Crippen molar-refractivity contribution in [2.75, 3.05) is 26.2 Å². The first-order valence-electron chi connectivity index (χ1n) is 9.48. The summed E-state index contributed by atoms with van der Waals surface area (Å²) in [5, 5.41) is 0. The van der Waals surface area contributed by atoms with Crippen molar-refractivity contribution in [3.05, 3.63) is 35.4 Å². The summed E-state index contributed by atoms with van der Waals surface area (Å²) in [6.45, 7) is 2.59. The molecule has 1 saturated carbocycles. The lowest BCUT2D eigenvalue weighted by Gasteiger charge is -2.39. The summed E-state index contributed by atoms with van der Waals surface area (Å²) in [7, 11) is 0. The fourth-order valence-corrected chi connectivity index (χ4v) is 4.36. The normalized spacial score (nSPS) is 26.0. The average Bonchev–Trinajstić information content (AvgIpc) is 3.34. The smallest absolute Gasteiger partial charge is 0.230 e. The van der Waals surface area contributed by atoms with Crippen LogP contribution < -0.4 is 0 Å². The van der Waals surface area contributed by atoms with Gasteiger partial charge in [-0.2, -0.15) is 0 Å². The molecule has 2 heterocycles. The zero-order valence-electron chi connectivity index (χ0n) is 14.8. The van der Waals surface area contributed by atoms with Gasteiger partial charge in [-0.25, -0.2) is 8.78 Å². The van der Waals surface area contributed by atoms with Crippen LogP contribution >= 0.6 is 0 Å². The fraction of sp³-hybridized carbons (Fsp3) is 0.600. The highest BCUT2D eigenvalue weighted by Gasteiger charge is 2.49. The largest absolute Gasteiger partial charge is 0.342 e. The molecule has 1 aliphatic carbocycles. The molecule has 1 atom stereocenters. The van der Waals surface area contributed by atoms with Gasteiger partial charge in [0.2, 0.25) is 11.8 Å². The average molecular weight is 362 g/mol. The van der Waals surface area contributed by atoms with Crippen molar-refractivity contribution in [2.24, 2.45) is 11.3 Å². The van der Waals surface area contributed by atoms with E-state index in [0.29, 0.717) is 25.4 Å². The summed E-state index contributed by atoms with van der Waals surface area (Å²) in [4.78, 5) is 29.3. The third-order valence-corrected chi connectivity index (χ3v) is 6.08. The van der Waals surface area contributed by atoms with E-state index in [1.807, 2.05) is 4.90 Å². The predicted octanol–water partition coefficient (Wildman–Crippen LogP) is 2.76. The van der Waals surface area contributed by atoms with Crippen molar-refractivity contribution in [1.29, 1.82) is 0 Å². The van der Waals surface area contributed by atoms with E-state index in [-0.39, 0.29) is 23.8 Å². The molecule has 2 amide bonds. The van der Waals surface area contributed by atoms with Crippen molar-refractivity contribution in [3.8, 4) is 0 Å². The Balaban J connectivity index is 1.43. The maximum atomic E-state index is 13.8. The maximum Gasteiger partial charge on any atom is 0.230 e. The molecule has 4 rings (SSSR count). The Morgan fingerprint density at radius 2 is 2.00 bits per heavy atom. The highest BCUT2D eigenvalue weighted by molar-refractivity contribution is 5.86. The van der Waals surface area contributed by atoms with Gasteiger partial charge in [0.1, 0.15) is 0 Å². The first-order valence-corrected chi connectivity index (χ1v) is 9.48.